The number of benzene rings is 1. The van der Waals surface area contributed by atoms with Crippen molar-refractivity contribution < 1.29 is 4.52 Å². The first-order valence-electron chi connectivity index (χ1n) is 7.79. The average molecular weight is 284 g/mol. The van der Waals surface area contributed by atoms with Crippen LogP contribution in [0.4, 0.5) is 5.95 Å². The van der Waals surface area contributed by atoms with E-state index in [9.17, 15) is 0 Å². The molecule has 5 heteroatoms. The van der Waals surface area contributed by atoms with Crippen LogP contribution in [0.3, 0.4) is 0 Å². The van der Waals surface area contributed by atoms with E-state index in [-0.39, 0.29) is 6.04 Å². The first-order valence-corrected chi connectivity index (χ1v) is 7.79. The average Bonchev–Trinajstić information content (AvgIpc) is 3.05. The predicted molar refractivity (Wildman–Crippen MR) is 80.1 cm³/mol. The molecule has 1 aromatic heterocycles. The third kappa shape index (κ3) is 2.53. The van der Waals surface area contributed by atoms with Crippen LogP contribution in [-0.2, 0) is 13.0 Å². The summed E-state index contributed by atoms with van der Waals surface area (Å²) in [5.74, 6) is 1.47. The lowest BCUT2D eigenvalue weighted by molar-refractivity contribution is 0.320. The fourth-order valence-corrected chi connectivity index (χ4v) is 3.22. The Bertz CT molecular complexity index is 618. The molecule has 0 amide bonds. The first kappa shape index (κ1) is 12.8. The van der Waals surface area contributed by atoms with Crippen LogP contribution in [0.5, 0.6) is 0 Å². The van der Waals surface area contributed by atoms with E-state index >= 15 is 0 Å². The molecule has 0 aliphatic carbocycles. The SMILES string of the molecule is c1ccc2c(c1)CN[C@H](c1nc(N3CCCCC3)no1)C2. The smallest absolute Gasteiger partial charge is 0.266 e. The summed E-state index contributed by atoms with van der Waals surface area (Å²) in [6, 6.07) is 8.67. The fraction of sp³-hybridized carbons (Fsp3) is 0.500. The van der Waals surface area contributed by atoms with Gasteiger partial charge in [-0.05, 0) is 42.0 Å². The topological polar surface area (TPSA) is 54.2 Å². The number of piperidine rings is 1. The minimum atomic E-state index is 0.131. The monoisotopic (exact) mass is 284 g/mol. The Kier molecular flexibility index (Phi) is 3.35. The molecule has 1 saturated heterocycles. The van der Waals surface area contributed by atoms with E-state index < -0.39 is 0 Å². The molecule has 0 bridgehead atoms. The molecule has 2 aromatic rings. The highest BCUT2D eigenvalue weighted by Gasteiger charge is 2.25. The second kappa shape index (κ2) is 5.48. The maximum absolute atomic E-state index is 5.51. The standard InChI is InChI=1S/C16H20N4O/c1-4-8-20(9-5-1)16-18-15(21-19-16)14-10-12-6-2-3-7-13(12)11-17-14/h2-3,6-7,14,17H,1,4-5,8-11H2/t14-/m0/s1. The molecule has 21 heavy (non-hydrogen) atoms. The molecular formula is C16H20N4O. The Morgan fingerprint density at radius 3 is 2.76 bits per heavy atom. The third-order valence-corrected chi connectivity index (χ3v) is 4.45. The van der Waals surface area contributed by atoms with Crippen LogP contribution in [0.15, 0.2) is 28.8 Å². The lowest BCUT2D eigenvalue weighted by Gasteiger charge is -2.25. The number of hydrogen-bond donors (Lipinski definition) is 1. The van der Waals surface area contributed by atoms with E-state index in [0.29, 0.717) is 5.89 Å². The summed E-state index contributed by atoms with van der Waals surface area (Å²) in [5, 5.41) is 7.66. The Labute approximate surface area is 124 Å². The molecule has 1 aromatic carbocycles. The van der Waals surface area contributed by atoms with Gasteiger partial charge in [0, 0.05) is 19.6 Å². The second-order valence-corrected chi connectivity index (χ2v) is 5.89. The number of fused-ring (bicyclic) bond motifs is 1. The Morgan fingerprint density at radius 2 is 1.90 bits per heavy atom. The number of nitrogens with one attached hydrogen (secondary N) is 1. The molecule has 2 aliphatic heterocycles. The maximum Gasteiger partial charge on any atom is 0.266 e. The van der Waals surface area contributed by atoms with E-state index in [2.05, 4.69) is 44.6 Å². The highest BCUT2D eigenvalue weighted by atomic mass is 16.5. The third-order valence-electron chi connectivity index (χ3n) is 4.45. The van der Waals surface area contributed by atoms with Crippen LogP contribution >= 0.6 is 0 Å². The Balaban J connectivity index is 1.51. The van der Waals surface area contributed by atoms with E-state index in [0.717, 1.165) is 32.0 Å². The summed E-state index contributed by atoms with van der Waals surface area (Å²) in [7, 11) is 0. The number of hydrogen-bond acceptors (Lipinski definition) is 5. The van der Waals surface area contributed by atoms with Gasteiger partial charge < -0.3 is 14.7 Å². The van der Waals surface area contributed by atoms with Gasteiger partial charge in [-0.2, -0.15) is 4.98 Å². The van der Waals surface area contributed by atoms with Gasteiger partial charge in [-0.25, -0.2) is 0 Å². The molecular weight excluding hydrogens is 264 g/mol. The molecule has 4 rings (SSSR count). The zero-order chi connectivity index (χ0) is 14.1. The van der Waals surface area contributed by atoms with E-state index in [1.807, 2.05) is 0 Å². The summed E-state index contributed by atoms with van der Waals surface area (Å²) < 4.78 is 5.51. The van der Waals surface area contributed by atoms with Gasteiger partial charge in [-0.1, -0.05) is 24.3 Å². The van der Waals surface area contributed by atoms with Crippen LogP contribution in [0, 0.1) is 0 Å². The highest BCUT2D eigenvalue weighted by molar-refractivity contribution is 5.32. The van der Waals surface area contributed by atoms with Crippen LogP contribution in [0.2, 0.25) is 0 Å². The molecule has 3 heterocycles. The predicted octanol–water partition coefficient (Wildman–Crippen LogP) is 2.45. The van der Waals surface area contributed by atoms with Gasteiger partial charge in [-0.3, -0.25) is 0 Å². The summed E-state index contributed by atoms with van der Waals surface area (Å²) in [6.45, 7) is 2.95. The van der Waals surface area contributed by atoms with Crippen LogP contribution in [-0.4, -0.2) is 23.2 Å². The summed E-state index contributed by atoms with van der Waals surface area (Å²) in [5.41, 5.74) is 2.74. The van der Waals surface area contributed by atoms with Crippen LogP contribution < -0.4 is 10.2 Å². The van der Waals surface area contributed by atoms with E-state index in [1.54, 1.807) is 0 Å². The van der Waals surface area contributed by atoms with Gasteiger partial charge in [0.05, 0.1) is 6.04 Å². The van der Waals surface area contributed by atoms with Gasteiger partial charge in [0.1, 0.15) is 0 Å². The molecule has 0 spiro atoms. The fourth-order valence-electron chi connectivity index (χ4n) is 3.22. The summed E-state index contributed by atoms with van der Waals surface area (Å²) >= 11 is 0. The van der Waals surface area contributed by atoms with Crippen molar-refractivity contribution in [3.8, 4) is 0 Å². The quantitative estimate of drug-likeness (QED) is 0.918. The number of aromatic nitrogens is 2. The van der Waals surface area contributed by atoms with Crippen molar-refractivity contribution >= 4 is 5.95 Å². The molecule has 2 aliphatic rings. The number of anilines is 1. The van der Waals surface area contributed by atoms with Gasteiger partial charge in [0.2, 0.25) is 5.89 Å². The molecule has 0 radical (unpaired) electrons. The highest BCUT2D eigenvalue weighted by Crippen LogP contribution is 2.26. The van der Waals surface area contributed by atoms with Crippen LogP contribution in [0.1, 0.15) is 42.3 Å². The molecule has 1 fully saturated rings. The van der Waals surface area contributed by atoms with Crippen molar-refractivity contribution in [2.75, 3.05) is 18.0 Å². The summed E-state index contributed by atoms with van der Waals surface area (Å²) in [6.07, 6.45) is 4.66. The molecule has 0 saturated carbocycles. The normalized spacial score (nSPS) is 22.1. The lowest BCUT2D eigenvalue weighted by atomic mass is 9.96. The first-order chi connectivity index (χ1) is 10.4. The van der Waals surface area contributed by atoms with E-state index in [4.69, 9.17) is 4.52 Å². The van der Waals surface area contributed by atoms with Crippen molar-refractivity contribution in [2.45, 2.75) is 38.3 Å². The van der Waals surface area contributed by atoms with Gasteiger partial charge in [-0.15, -0.1) is 0 Å². The molecule has 110 valence electrons. The van der Waals surface area contributed by atoms with Gasteiger partial charge >= 0.3 is 0 Å². The molecule has 0 unspecified atom stereocenters. The van der Waals surface area contributed by atoms with Crippen molar-refractivity contribution in [2.24, 2.45) is 0 Å². The van der Waals surface area contributed by atoms with Gasteiger partial charge in [0.25, 0.3) is 5.95 Å². The largest absolute Gasteiger partial charge is 0.338 e. The van der Waals surface area contributed by atoms with Crippen molar-refractivity contribution in [3.05, 3.63) is 41.3 Å². The Morgan fingerprint density at radius 1 is 1.10 bits per heavy atom. The van der Waals surface area contributed by atoms with Crippen molar-refractivity contribution in [1.29, 1.82) is 0 Å². The molecule has 1 atom stereocenters. The number of nitrogens with zero attached hydrogens (tertiary/aromatic N) is 3. The second-order valence-electron chi connectivity index (χ2n) is 5.89. The zero-order valence-electron chi connectivity index (χ0n) is 12.1. The van der Waals surface area contributed by atoms with Crippen LogP contribution in [0.25, 0.3) is 0 Å². The maximum atomic E-state index is 5.51. The Hall–Kier alpha value is -1.88. The summed E-state index contributed by atoms with van der Waals surface area (Å²) in [4.78, 5) is 6.85. The molecule has 5 nitrogen and oxygen atoms in total. The van der Waals surface area contributed by atoms with Crippen molar-refractivity contribution in [3.63, 3.8) is 0 Å². The van der Waals surface area contributed by atoms with Crippen molar-refractivity contribution in [1.82, 2.24) is 15.5 Å². The lowest BCUT2D eigenvalue weighted by Crippen LogP contribution is -2.31. The van der Waals surface area contributed by atoms with E-state index in [1.165, 1.54) is 30.4 Å². The minimum Gasteiger partial charge on any atom is -0.338 e. The zero-order valence-corrected chi connectivity index (χ0v) is 12.1. The van der Waals surface area contributed by atoms with Gasteiger partial charge in [0.15, 0.2) is 0 Å². The minimum absolute atomic E-state index is 0.131. The number of rotatable bonds is 2. The molecule has 1 N–H and O–H groups in total.